The van der Waals surface area contributed by atoms with Gasteiger partial charge in [-0.2, -0.15) is 0 Å². The summed E-state index contributed by atoms with van der Waals surface area (Å²) in [5.74, 6) is 0.533. The molecule has 0 amide bonds. The third kappa shape index (κ3) is 4.75. The van der Waals surface area contributed by atoms with E-state index in [9.17, 15) is 4.79 Å². The summed E-state index contributed by atoms with van der Waals surface area (Å²) >= 11 is 4.58. The zero-order valence-electron chi connectivity index (χ0n) is 12.6. The Morgan fingerprint density at radius 1 is 1.17 bits per heavy atom. The fourth-order valence-electron chi connectivity index (χ4n) is 1.95. The molecule has 0 aliphatic rings. The van der Waals surface area contributed by atoms with Crippen LogP contribution < -0.4 is 4.74 Å². The number of hydrogen-bond donors (Lipinski definition) is 0. The number of benzene rings is 2. The molecule has 0 spiro atoms. The molecule has 1 aromatic heterocycles. The van der Waals surface area contributed by atoms with Crippen molar-refractivity contribution in [3.05, 3.63) is 53.0 Å². The van der Waals surface area contributed by atoms with Gasteiger partial charge in [-0.15, -0.1) is 0 Å². The number of aromatic nitrogens is 1. The van der Waals surface area contributed by atoms with E-state index in [4.69, 9.17) is 13.9 Å². The Labute approximate surface area is 151 Å². The van der Waals surface area contributed by atoms with Crippen molar-refractivity contribution in [1.29, 1.82) is 0 Å². The molecular formula is C17H14BrNO4S. The Kier molecular flexibility index (Phi) is 5.77. The number of hydrogen-bond acceptors (Lipinski definition) is 6. The normalized spacial score (nSPS) is 10.7. The van der Waals surface area contributed by atoms with Crippen molar-refractivity contribution in [2.45, 2.75) is 5.22 Å². The first-order valence-corrected chi connectivity index (χ1v) is 9.01. The van der Waals surface area contributed by atoms with E-state index in [0.29, 0.717) is 17.4 Å². The van der Waals surface area contributed by atoms with Gasteiger partial charge in [0.05, 0.1) is 0 Å². The zero-order valence-corrected chi connectivity index (χ0v) is 15.0. The molecule has 124 valence electrons. The Balaban J connectivity index is 1.38. The van der Waals surface area contributed by atoms with Gasteiger partial charge in [-0.3, -0.25) is 4.79 Å². The van der Waals surface area contributed by atoms with Crippen molar-refractivity contribution >= 4 is 44.8 Å². The fourth-order valence-corrected chi connectivity index (χ4v) is 2.96. The smallest absolute Gasteiger partial charge is 0.316 e. The van der Waals surface area contributed by atoms with Crippen LogP contribution in [-0.2, 0) is 9.53 Å². The molecule has 0 bridgehead atoms. The number of ether oxygens (including phenoxy) is 2. The topological polar surface area (TPSA) is 61.6 Å². The van der Waals surface area contributed by atoms with E-state index in [1.54, 1.807) is 0 Å². The number of rotatable bonds is 7. The molecule has 5 nitrogen and oxygen atoms in total. The Hall–Kier alpha value is -1.99. The van der Waals surface area contributed by atoms with Crippen LogP contribution >= 0.6 is 27.7 Å². The Bertz CT molecular complexity index is 803. The van der Waals surface area contributed by atoms with Crippen LogP contribution in [0.1, 0.15) is 0 Å². The van der Waals surface area contributed by atoms with Crippen LogP contribution in [0.5, 0.6) is 5.75 Å². The van der Waals surface area contributed by atoms with Crippen LogP contribution in [0.4, 0.5) is 0 Å². The van der Waals surface area contributed by atoms with Gasteiger partial charge in [0, 0.05) is 4.47 Å². The molecule has 0 radical (unpaired) electrons. The highest BCUT2D eigenvalue weighted by molar-refractivity contribution is 9.10. The summed E-state index contributed by atoms with van der Waals surface area (Å²) in [5, 5.41) is 0.457. The predicted molar refractivity (Wildman–Crippen MR) is 95.3 cm³/mol. The molecule has 3 rings (SSSR count). The van der Waals surface area contributed by atoms with E-state index < -0.39 is 0 Å². The molecule has 0 saturated carbocycles. The monoisotopic (exact) mass is 407 g/mol. The summed E-state index contributed by atoms with van der Waals surface area (Å²) in [6.45, 7) is 0.495. The second-order valence-electron chi connectivity index (χ2n) is 4.76. The van der Waals surface area contributed by atoms with Crippen LogP contribution in [0.3, 0.4) is 0 Å². The third-order valence-electron chi connectivity index (χ3n) is 3.00. The maximum absolute atomic E-state index is 11.7. The number of oxazole rings is 1. The average molecular weight is 408 g/mol. The molecule has 0 aliphatic heterocycles. The first-order valence-electron chi connectivity index (χ1n) is 7.23. The second-order valence-corrected chi connectivity index (χ2v) is 6.60. The highest BCUT2D eigenvalue weighted by atomic mass is 79.9. The van der Waals surface area contributed by atoms with Crippen LogP contribution in [0.2, 0.25) is 0 Å². The lowest BCUT2D eigenvalue weighted by molar-refractivity contribution is -0.141. The highest BCUT2D eigenvalue weighted by Gasteiger charge is 2.10. The Morgan fingerprint density at radius 2 is 2.04 bits per heavy atom. The molecule has 0 saturated heterocycles. The highest BCUT2D eigenvalue weighted by Crippen LogP contribution is 2.23. The maximum Gasteiger partial charge on any atom is 0.316 e. The predicted octanol–water partition coefficient (Wildman–Crippen LogP) is 4.30. The molecule has 1 heterocycles. The van der Waals surface area contributed by atoms with Crippen molar-refractivity contribution in [1.82, 2.24) is 4.98 Å². The second kappa shape index (κ2) is 8.21. The quantitative estimate of drug-likeness (QED) is 0.330. The standard InChI is InChI=1S/C17H14BrNO4S/c18-12-4-3-5-13(10-12)21-8-9-22-16(20)11-24-17-19-14-6-1-2-7-15(14)23-17/h1-7,10H,8-9,11H2. The summed E-state index contributed by atoms with van der Waals surface area (Å²) in [4.78, 5) is 16.0. The third-order valence-corrected chi connectivity index (χ3v) is 4.29. The molecule has 0 fully saturated rings. The largest absolute Gasteiger partial charge is 0.490 e. The van der Waals surface area contributed by atoms with Gasteiger partial charge in [0.15, 0.2) is 5.58 Å². The van der Waals surface area contributed by atoms with Gasteiger partial charge >= 0.3 is 5.97 Å². The molecule has 0 atom stereocenters. The van der Waals surface area contributed by atoms with Crippen molar-refractivity contribution in [2.24, 2.45) is 0 Å². The zero-order chi connectivity index (χ0) is 16.8. The molecule has 0 aliphatic carbocycles. The van der Waals surface area contributed by atoms with E-state index in [2.05, 4.69) is 20.9 Å². The van der Waals surface area contributed by atoms with E-state index in [-0.39, 0.29) is 18.3 Å². The van der Waals surface area contributed by atoms with Gasteiger partial charge < -0.3 is 13.9 Å². The molecule has 7 heteroatoms. The van der Waals surface area contributed by atoms with Crippen molar-refractivity contribution in [3.8, 4) is 5.75 Å². The molecule has 3 aromatic rings. The number of halogens is 1. The van der Waals surface area contributed by atoms with Crippen molar-refractivity contribution in [3.63, 3.8) is 0 Å². The van der Waals surface area contributed by atoms with E-state index in [1.807, 2.05) is 48.5 Å². The molecule has 2 aromatic carbocycles. The molecule has 0 N–H and O–H groups in total. The lowest BCUT2D eigenvalue weighted by atomic mass is 10.3. The lowest BCUT2D eigenvalue weighted by Crippen LogP contribution is -2.13. The summed E-state index contributed by atoms with van der Waals surface area (Å²) in [7, 11) is 0. The number of carbonyl (C=O) groups is 1. The summed E-state index contributed by atoms with van der Waals surface area (Å²) in [6, 6.07) is 14.9. The number of carbonyl (C=O) groups excluding carboxylic acids is 1. The van der Waals surface area contributed by atoms with Gasteiger partial charge in [0.25, 0.3) is 5.22 Å². The van der Waals surface area contributed by atoms with Gasteiger partial charge in [-0.25, -0.2) is 4.98 Å². The number of thioether (sulfide) groups is 1. The minimum absolute atomic E-state index is 0.143. The van der Waals surface area contributed by atoms with Crippen molar-refractivity contribution in [2.75, 3.05) is 19.0 Å². The number of para-hydroxylation sites is 2. The van der Waals surface area contributed by atoms with E-state index in [0.717, 1.165) is 15.7 Å². The van der Waals surface area contributed by atoms with Crippen LogP contribution in [0, 0.1) is 0 Å². The molecule has 24 heavy (non-hydrogen) atoms. The van der Waals surface area contributed by atoms with Crippen LogP contribution in [-0.4, -0.2) is 29.9 Å². The first-order chi connectivity index (χ1) is 11.7. The average Bonchev–Trinajstić information content (AvgIpc) is 3.00. The SMILES string of the molecule is O=C(CSc1nc2ccccc2o1)OCCOc1cccc(Br)c1. The fraction of sp³-hybridized carbons (Fsp3) is 0.176. The maximum atomic E-state index is 11.7. The molecule has 0 unspecified atom stereocenters. The van der Waals surface area contributed by atoms with Gasteiger partial charge in [0.1, 0.15) is 30.2 Å². The van der Waals surface area contributed by atoms with Gasteiger partial charge in [-0.1, -0.05) is 45.9 Å². The summed E-state index contributed by atoms with van der Waals surface area (Å²) in [5.41, 5.74) is 1.48. The van der Waals surface area contributed by atoms with Gasteiger partial charge in [-0.05, 0) is 30.3 Å². The first kappa shape index (κ1) is 16.9. The summed E-state index contributed by atoms with van der Waals surface area (Å²) in [6.07, 6.45) is 0. The van der Waals surface area contributed by atoms with E-state index >= 15 is 0 Å². The summed E-state index contributed by atoms with van der Waals surface area (Å²) < 4.78 is 17.1. The van der Waals surface area contributed by atoms with Crippen molar-refractivity contribution < 1.29 is 18.7 Å². The number of esters is 1. The van der Waals surface area contributed by atoms with Gasteiger partial charge in [0.2, 0.25) is 0 Å². The number of fused-ring (bicyclic) bond motifs is 1. The van der Waals surface area contributed by atoms with Crippen LogP contribution in [0.15, 0.2) is 62.6 Å². The Morgan fingerprint density at radius 3 is 2.88 bits per heavy atom. The van der Waals surface area contributed by atoms with E-state index in [1.165, 1.54) is 11.8 Å². The lowest BCUT2D eigenvalue weighted by Gasteiger charge is -2.07. The van der Waals surface area contributed by atoms with Crippen LogP contribution in [0.25, 0.3) is 11.1 Å². The number of nitrogens with zero attached hydrogens (tertiary/aromatic N) is 1. The molecular weight excluding hydrogens is 394 g/mol. The minimum atomic E-state index is -0.333. The minimum Gasteiger partial charge on any atom is -0.490 e.